The van der Waals surface area contributed by atoms with E-state index < -0.39 is 0 Å². The standard InChI is InChI=1S/C14H24N4O2/c1-5-18(6-2)14(19)12-10-13(17-11(3)16-12)15-8-7-9-20-4/h10H,5-9H2,1-4H3,(H,15,16,17). The molecule has 0 aliphatic carbocycles. The van der Waals surface area contributed by atoms with Gasteiger partial charge in [-0.3, -0.25) is 4.79 Å². The fourth-order valence-corrected chi connectivity index (χ4v) is 1.87. The van der Waals surface area contributed by atoms with Gasteiger partial charge in [0.15, 0.2) is 0 Å². The van der Waals surface area contributed by atoms with Gasteiger partial charge in [-0.1, -0.05) is 0 Å². The van der Waals surface area contributed by atoms with Gasteiger partial charge in [-0.2, -0.15) is 0 Å². The lowest BCUT2D eigenvalue weighted by molar-refractivity contribution is 0.0766. The zero-order valence-corrected chi connectivity index (χ0v) is 12.8. The number of carbonyl (C=O) groups excluding carboxylic acids is 1. The minimum atomic E-state index is -0.0551. The summed E-state index contributed by atoms with van der Waals surface area (Å²) >= 11 is 0. The lowest BCUT2D eigenvalue weighted by atomic mass is 10.3. The predicted octanol–water partition coefficient (Wildman–Crippen LogP) is 1.72. The molecule has 1 aromatic heterocycles. The van der Waals surface area contributed by atoms with Crippen molar-refractivity contribution in [2.75, 3.05) is 38.7 Å². The Morgan fingerprint density at radius 1 is 1.35 bits per heavy atom. The van der Waals surface area contributed by atoms with Crippen LogP contribution in [0.4, 0.5) is 5.82 Å². The normalized spacial score (nSPS) is 10.4. The van der Waals surface area contributed by atoms with Crippen LogP contribution in [-0.2, 0) is 4.74 Å². The third-order valence-corrected chi connectivity index (χ3v) is 2.94. The summed E-state index contributed by atoms with van der Waals surface area (Å²) in [7, 11) is 1.68. The lowest BCUT2D eigenvalue weighted by Crippen LogP contribution is -2.31. The molecule has 1 N–H and O–H groups in total. The number of aromatic nitrogens is 2. The molecule has 1 aromatic rings. The van der Waals surface area contributed by atoms with E-state index in [2.05, 4.69) is 15.3 Å². The molecule has 0 bridgehead atoms. The maximum atomic E-state index is 12.3. The average molecular weight is 280 g/mol. The summed E-state index contributed by atoms with van der Waals surface area (Å²) in [4.78, 5) is 22.5. The highest BCUT2D eigenvalue weighted by molar-refractivity contribution is 5.92. The van der Waals surface area contributed by atoms with E-state index in [1.165, 1.54) is 0 Å². The number of aryl methyl sites for hydroxylation is 1. The van der Waals surface area contributed by atoms with E-state index in [0.717, 1.165) is 13.0 Å². The molecule has 0 unspecified atom stereocenters. The molecule has 6 nitrogen and oxygen atoms in total. The van der Waals surface area contributed by atoms with Crippen LogP contribution in [0.25, 0.3) is 0 Å². The fraction of sp³-hybridized carbons (Fsp3) is 0.643. The van der Waals surface area contributed by atoms with Gasteiger partial charge >= 0.3 is 0 Å². The van der Waals surface area contributed by atoms with Gasteiger partial charge in [-0.05, 0) is 27.2 Å². The van der Waals surface area contributed by atoms with Crippen molar-refractivity contribution in [1.82, 2.24) is 14.9 Å². The van der Waals surface area contributed by atoms with Crippen LogP contribution in [0.15, 0.2) is 6.07 Å². The first-order valence-electron chi connectivity index (χ1n) is 7.00. The Balaban J connectivity index is 2.77. The Labute approximate surface area is 120 Å². The number of hydrogen-bond donors (Lipinski definition) is 1. The topological polar surface area (TPSA) is 67.4 Å². The van der Waals surface area contributed by atoms with E-state index >= 15 is 0 Å². The highest BCUT2D eigenvalue weighted by Crippen LogP contribution is 2.09. The number of carbonyl (C=O) groups is 1. The SMILES string of the molecule is CCN(CC)C(=O)c1cc(NCCCOC)nc(C)n1. The summed E-state index contributed by atoms with van der Waals surface area (Å²) in [5.74, 6) is 1.22. The molecule has 0 aliphatic heterocycles. The Kier molecular flexibility index (Phi) is 6.93. The van der Waals surface area contributed by atoms with Crippen molar-refractivity contribution < 1.29 is 9.53 Å². The molecule has 1 heterocycles. The number of rotatable bonds is 8. The molecule has 1 amide bonds. The smallest absolute Gasteiger partial charge is 0.272 e. The van der Waals surface area contributed by atoms with Gasteiger partial charge in [0.25, 0.3) is 5.91 Å². The summed E-state index contributed by atoms with van der Waals surface area (Å²) in [6, 6.07) is 1.71. The van der Waals surface area contributed by atoms with Crippen LogP contribution >= 0.6 is 0 Å². The first-order valence-corrected chi connectivity index (χ1v) is 7.00. The Bertz CT molecular complexity index is 433. The van der Waals surface area contributed by atoms with Gasteiger partial charge in [0, 0.05) is 39.4 Å². The van der Waals surface area contributed by atoms with Crippen molar-refractivity contribution in [3.8, 4) is 0 Å². The molecule has 0 saturated heterocycles. The van der Waals surface area contributed by atoms with Crippen LogP contribution in [0.3, 0.4) is 0 Å². The highest BCUT2D eigenvalue weighted by Gasteiger charge is 2.15. The second kappa shape index (κ2) is 8.47. The molecule has 0 fully saturated rings. The number of anilines is 1. The fourth-order valence-electron chi connectivity index (χ4n) is 1.87. The Hall–Kier alpha value is -1.69. The van der Waals surface area contributed by atoms with E-state index in [0.29, 0.717) is 37.0 Å². The maximum absolute atomic E-state index is 12.3. The number of ether oxygens (including phenoxy) is 1. The van der Waals surface area contributed by atoms with Crippen LogP contribution in [0.5, 0.6) is 0 Å². The molecule has 20 heavy (non-hydrogen) atoms. The molecule has 0 spiro atoms. The van der Waals surface area contributed by atoms with Crippen molar-refractivity contribution in [3.05, 3.63) is 17.6 Å². The number of nitrogens with one attached hydrogen (secondary N) is 1. The molecule has 0 atom stereocenters. The van der Waals surface area contributed by atoms with Crippen LogP contribution in [0.1, 0.15) is 36.6 Å². The van der Waals surface area contributed by atoms with Gasteiger partial charge in [0.05, 0.1) is 0 Å². The Morgan fingerprint density at radius 2 is 2.05 bits per heavy atom. The second-order valence-electron chi connectivity index (χ2n) is 4.44. The maximum Gasteiger partial charge on any atom is 0.272 e. The lowest BCUT2D eigenvalue weighted by Gasteiger charge is -2.18. The first-order chi connectivity index (χ1) is 9.62. The summed E-state index contributed by atoms with van der Waals surface area (Å²) in [6.07, 6.45) is 0.888. The van der Waals surface area contributed by atoms with Crippen molar-refractivity contribution in [2.45, 2.75) is 27.2 Å². The second-order valence-corrected chi connectivity index (χ2v) is 4.44. The van der Waals surface area contributed by atoms with Crippen molar-refractivity contribution >= 4 is 11.7 Å². The zero-order chi connectivity index (χ0) is 15.0. The third-order valence-electron chi connectivity index (χ3n) is 2.94. The van der Waals surface area contributed by atoms with Gasteiger partial charge in [0.2, 0.25) is 0 Å². The summed E-state index contributed by atoms with van der Waals surface area (Å²) in [5, 5.41) is 3.19. The quantitative estimate of drug-likeness (QED) is 0.734. The van der Waals surface area contributed by atoms with Crippen molar-refractivity contribution in [3.63, 3.8) is 0 Å². The number of amides is 1. The molecule has 0 radical (unpaired) electrons. The van der Waals surface area contributed by atoms with Crippen LogP contribution in [0.2, 0.25) is 0 Å². The van der Waals surface area contributed by atoms with E-state index in [4.69, 9.17) is 4.74 Å². The first kappa shape index (κ1) is 16.4. The van der Waals surface area contributed by atoms with Crippen molar-refractivity contribution in [2.24, 2.45) is 0 Å². The molecule has 0 saturated carbocycles. The molecule has 112 valence electrons. The van der Waals surface area contributed by atoms with E-state index in [1.807, 2.05) is 13.8 Å². The zero-order valence-electron chi connectivity index (χ0n) is 12.8. The van der Waals surface area contributed by atoms with Gasteiger partial charge < -0.3 is 15.0 Å². The summed E-state index contributed by atoms with van der Waals surface area (Å²) in [6.45, 7) is 8.51. The molecular weight excluding hydrogens is 256 g/mol. The molecule has 0 aromatic carbocycles. The minimum Gasteiger partial charge on any atom is -0.385 e. The van der Waals surface area contributed by atoms with Gasteiger partial charge in [0.1, 0.15) is 17.3 Å². The van der Waals surface area contributed by atoms with Crippen molar-refractivity contribution in [1.29, 1.82) is 0 Å². The molecule has 6 heteroatoms. The van der Waals surface area contributed by atoms with Crippen LogP contribution in [-0.4, -0.2) is 54.1 Å². The van der Waals surface area contributed by atoms with Crippen LogP contribution in [0, 0.1) is 6.92 Å². The summed E-state index contributed by atoms with van der Waals surface area (Å²) in [5.41, 5.74) is 0.440. The van der Waals surface area contributed by atoms with Gasteiger partial charge in [-0.25, -0.2) is 9.97 Å². The molecule has 1 rings (SSSR count). The number of nitrogens with zero attached hydrogens (tertiary/aromatic N) is 3. The average Bonchev–Trinajstić information content (AvgIpc) is 2.44. The van der Waals surface area contributed by atoms with E-state index in [9.17, 15) is 4.79 Å². The monoisotopic (exact) mass is 280 g/mol. The molecular formula is C14H24N4O2. The summed E-state index contributed by atoms with van der Waals surface area (Å²) < 4.78 is 4.99. The van der Waals surface area contributed by atoms with E-state index in [-0.39, 0.29) is 5.91 Å². The third kappa shape index (κ3) is 4.77. The number of hydrogen-bond acceptors (Lipinski definition) is 5. The van der Waals surface area contributed by atoms with Gasteiger partial charge in [-0.15, -0.1) is 0 Å². The predicted molar refractivity (Wildman–Crippen MR) is 79.0 cm³/mol. The minimum absolute atomic E-state index is 0.0551. The van der Waals surface area contributed by atoms with E-state index in [1.54, 1.807) is 25.0 Å². The number of methoxy groups -OCH3 is 1. The molecule has 0 aliphatic rings. The Morgan fingerprint density at radius 3 is 2.65 bits per heavy atom. The highest BCUT2D eigenvalue weighted by atomic mass is 16.5. The van der Waals surface area contributed by atoms with Crippen LogP contribution < -0.4 is 5.32 Å². The largest absolute Gasteiger partial charge is 0.385 e.